The van der Waals surface area contributed by atoms with Crippen LogP contribution in [0.5, 0.6) is 0 Å². The number of benzene rings is 2. The second-order valence-corrected chi connectivity index (χ2v) is 5.76. The molecule has 2 aromatic carbocycles. The number of thiocarbonyl (C=S) groups is 1. The van der Waals surface area contributed by atoms with Crippen molar-refractivity contribution in [1.82, 2.24) is 10.2 Å². The topological polar surface area (TPSA) is 44.4 Å². The van der Waals surface area contributed by atoms with Crippen molar-refractivity contribution >= 4 is 28.9 Å². The van der Waals surface area contributed by atoms with Gasteiger partial charge in [-0.25, -0.2) is 0 Å². The predicted octanol–water partition coefficient (Wildman–Crippen LogP) is 3.43. The van der Waals surface area contributed by atoms with Gasteiger partial charge in [-0.2, -0.15) is 0 Å². The molecule has 0 atom stereocenters. The molecule has 0 unspecified atom stereocenters. The summed E-state index contributed by atoms with van der Waals surface area (Å²) in [5.41, 5.74) is 2.48. The Bertz CT molecular complexity index is 716. The number of nitrogens with one attached hydrogen (secondary N) is 2. The monoisotopic (exact) mass is 339 g/mol. The minimum atomic E-state index is -0.0347. The van der Waals surface area contributed by atoms with Crippen LogP contribution in [0.4, 0.5) is 5.69 Å². The van der Waals surface area contributed by atoms with E-state index in [0.29, 0.717) is 23.8 Å². The first-order valence-corrected chi connectivity index (χ1v) is 8.06. The number of carbonyl (C=O) groups is 1. The van der Waals surface area contributed by atoms with Crippen LogP contribution in [0.2, 0.25) is 0 Å². The molecule has 0 bridgehead atoms. The Balaban J connectivity index is 2.02. The molecule has 2 rings (SSSR count). The highest BCUT2D eigenvalue weighted by atomic mass is 32.1. The van der Waals surface area contributed by atoms with Gasteiger partial charge >= 0.3 is 0 Å². The van der Waals surface area contributed by atoms with Crippen molar-refractivity contribution in [2.75, 3.05) is 18.9 Å². The number of hydrogen-bond acceptors (Lipinski definition) is 2. The van der Waals surface area contributed by atoms with E-state index in [4.69, 9.17) is 12.2 Å². The molecule has 24 heavy (non-hydrogen) atoms. The molecule has 0 saturated carbocycles. The molecule has 5 heteroatoms. The Morgan fingerprint density at radius 1 is 1.21 bits per heavy atom. The smallest absolute Gasteiger partial charge is 0.253 e. The van der Waals surface area contributed by atoms with Crippen molar-refractivity contribution in [3.05, 3.63) is 78.4 Å². The average Bonchev–Trinajstić information content (AvgIpc) is 2.60. The van der Waals surface area contributed by atoms with Gasteiger partial charge in [0.2, 0.25) is 0 Å². The summed E-state index contributed by atoms with van der Waals surface area (Å²) in [6, 6.07) is 17.2. The highest BCUT2D eigenvalue weighted by Gasteiger charge is 2.12. The van der Waals surface area contributed by atoms with Gasteiger partial charge in [-0.05, 0) is 36.0 Å². The van der Waals surface area contributed by atoms with Crippen LogP contribution in [-0.2, 0) is 6.54 Å². The SMILES string of the molecule is C=CCNC(=S)Nc1cccc(C(=O)N(C)Cc2ccccc2)c1. The van der Waals surface area contributed by atoms with Gasteiger partial charge in [0, 0.05) is 31.4 Å². The lowest BCUT2D eigenvalue weighted by molar-refractivity contribution is 0.0785. The molecule has 0 aliphatic heterocycles. The summed E-state index contributed by atoms with van der Waals surface area (Å²) in [6.45, 7) is 4.78. The maximum absolute atomic E-state index is 12.6. The quantitative estimate of drug-likeness (QED) is 0.625. The fraction of sp³-hybridized carbons (Fsp3) is 0.158. The molecule has 2 N–H and O–H groups in total. The third-order valence-electron chi connectivity index (χ3n) is 3.38. The molecule has 0 fully saturated rings. The summed E-state index contributed by atoms with van der Waals surface area (Å²) < 4.78 is 0. The summed E-state index contributed by atoms with van der Waals surface area (Å²) in [5, 5.41) is 6.55. The number of hydrogen-bond donors (Lipinski definition) is 2. The van der Waals surface area contributed by atoms with E-state index in [9.17, 15) is 4.79 Å². The van der Waals surface area contributed by atoms with Crippen LogP contribution in [0, 0.1) is 0 Å². The summed E-state index contributed by atoms with van der Waals surface area (Å²) in [7, 11) is 1.80. The molecular weight excluding hydrogens is 318 g/mol. The van der Waals surface area contributed by atoms with E-state index in [1.807, 2.05) is 42.5 Å². The van der Waals surface area contributed by atoms with E-state index in [0.717, 1.165) is 11.3 Å². The van der Waals surface area contributed by atoms with Crippen molar-refractivity contribution in [3.63, 3.8) is 0 Å². The van der Waals surface area contributed by atoms with E-state index in [-0.39, 0.29) is 5.91 Å². The number of rotatable bonds is 6. The van der Waals surface area contributed by atoms with Crippen molar-refractivity contribution in [1.29, 1.82) is 0 Å². The van der Waals surface area contributed by atoms with E-state index in [1.165, 1.54) is 0 Å². The first-order chi connectivity index (χ1) is 11.6. The number of carbonyl (C=O) groups excluding carboxylic acids is 1. The van der Waals surface area contributed by atoms with Crippen LogP contribution in [0.25, 0.3) is 0 Å². The molecule has 0 spiro atoms. The van der Waals surface area contributed by atoms with Gasteiger partial charge in [0.25, 0.3) is 5.91 Å². The molecule has 0 heterocycles. The maximum atomic E-state index is 12.6. The summed E-state index contributed by atoms with van der Waals surface area (Å²) in [4.78, 5) is 14.3. The van der Waals surface area contributed by atoms with Crippen molar-refractivity contribution < 1.29 is 4.79 Å². The van der Waals surface area contributed by atoms with Gasteiger partial charge < -0.3 is 15.5 Å². The third-order valence-corrected chi connectivity index (χ3v) is 3.63. The van der Waals surface area contributed by atoms with E-state index in [1.54, 1.807) is 30.2 Å². The van der Waals surface area contributed by atoms with Crippen LogP contribution in [0.1, 0.15) is 15.9 Å². The average molecular weight is 339 g/mol. The first-order valence-electron chi connectivity index (χ1n) is 7.65. The van der Waals surface area contributed by atoms with Crippen LogP contribution >= 0.6 is 12.2 Å². The molecule has 0 aliphatic rings. The van der Waals surface area contributed by atoms with Crippen LogP contribution in [0.3, 0.4) is 0 Å². The first kappa shape index (κ1) is 17.7. The zero-order valence-electron chi connectivity index (χ0n) is 13.7. The van der Waals surface area contributed by atoms with Gasteiger partial charge in [-0.15, -0.1) is 6.58 Å². The van der Waals surface area contributed by atoms with Gasteiger partial charge in [0.1, 0.15) is 0 Å². The Kier molecular flexibility index (Phi) is 6.51. The fourth-order valence-corrected chi connectivity index (χ4v) is 2.42. The molecular formula is C19H21N3OS. The molecule has 0 radical (unpaired) electrons. The Morgan fingerprint density at radius 3 is 2.67 bits per heavy atom. The zero-order chi connectivity index (χ0) is 17.4. The maximum Gasteiger partial charge on any atom is 0.253 e. The Morgan fingerprint density at radius 2 is 1.96 bits per heavy atom. The second kappa shape index (κ2) is 8.84. The lowest BCUT2D eigenvalue weighted by Gasteiger charge is -2.18. The zero-order valence-corrected chi connectivity index (χ0v) is 14.5. The van der Waals surface area contributed by atoms with Crippen molar-refractivity contribution in [2.24, 2.45) is 0 Å². The molecule has 0 aromatic heterocycles. The van der Waals surface area contributed by atoms with Crippen molar-refractivity contribution in [2.45, 2.75) is 6.54 Å². The molecule has 124 valence electrons. The van der Waals surface area contributed by atoms with Crippen LogP contribution in [-0.4, -0.2) is 29.5 Å². The summed E-state index contributed by atoms with van der Waals surface area (Å²) >= 11 is 5.18. The van der Waals surface area contributed by atoms with Gasteiger partial charge in [0.05, 0.1) is 0 Å². The van der Waals surface area contributed by atoms with Crippen molar-refractivity contribution in [3.8, 4) is 0 Å². The molecule has 0 aliphatic carbocycles. The molecule has 0 saturated heterocycles. The van der Waals surface area contributed by atoms with E-state index in [2.05, 4.69) is 17.2 Å². The third kappa shape index (κ3) is 5.21. The minimum Gasteiger partial charge on any atom is -0.359 e. The van der Waals surface area contributed by atoms with E-state index < -0.39 is 0 Å². The fourth-order valence-electron chi connectivity index (χ4n) is 2.22. The van der Waals surface area contributed by atoms with Gasteiger partial charge in [-0.3, -0.25) is 4.79 Å². The lowest BCUT2D eigenvalue weighted by Crippen LogP contribution is -2.29. The normalized spacial score (nSPS) is 9.88. The van der Waals surface area contributed by atoms with Crippen LogP contribution < -0.4 is 10.6 Å². The number of nitrogens with zero attached hydrogens (tertiary/aromatic N) is 1. The summed E-state index contributed by atoms with van der Waals surface area (Å²) in [6.07, 6.45) is 1.73. The molecule has 1 amide bonds. The Labute approximate surface area is 148 Å². The predicted molar refractivity (Wildman–Crippen MR) is 103 cm³/mol. The second-order valence-electron chi connectivity index (χ2n) is 5.35. The molecule has 4 nitrogen and oxygen atoms in total. The highest BCUT2D eigenvalue weighted by molar-refractivity contribution is 7.80. The molecule has 2 aromatic rings. The van der Waals surface area contributed by atoms with Gasteiger partial charge in [0.15, 0.2) is 5.11 Å². The van der Waals surface area contributed by atoms with Gasteiger partial charge in [-0.1, -0.05) is 42.5 Å². The number of amides is 1. The van der Waals surface area contributed by atoms with E-state index >= 15 is 0 Å². The Hall–Kier alpha value is -2.66. The largest absolute Gasteiger partial charge is 0.359 e. The standard InChI is InChI=1S/C19H21N3OS/c1-3-12-20-19(24)21-17-11-7-10-16(13-17)18(23)22(2)14-15-8-5-4-6-9-15/h3-11,13H,1,12,14H2,2H3,(H2,20,21,24). The highest BCUT2D eigenvalue weighted by Crippen LogP contribution is 2.14. The lowest BCUT2D eigenvalue weighted by atomic mass is 10.1. The minimum absolute atomic E-state index is 0.0347. The number of anilines is 1. The summed E-state index contributed by atoms with van der Waals surface area (Å²) in [5.74, 6) is -0.0347. The van der Waals surface area contributed by atoms with Crippen LogP contribution in [0.15, 0.2) is 67.3 Å².